The van der Waals surface area contributed by atoms with Gasteiger partial charge in [-0.1, -0.05) is 0 Å². The molecule has 4 heteroatoms. The highest BCUT2D eigenvalue weighted by Gasteiger charge is 2.00. The van der Waals surface area contributed by atoms with E-state index in [-0.39, 0.29) is 5.82 Å². The standard InChI is InChI=1S/C11H9BrFNO/c12-10-2-1-9(5-11(10)13)14-6-8-3-4-15-7-8/h1-5,7,14H,6H2. The number of rotatable bonds is 3. The number of furan rings is 1. The number of anilines is 1. The maximum Gasteiger partial charge on any atom is 0.139 e. The summed E-state index contributed by atoms with van der Waals surface area (Å²) in [6.07, 6.45) is 3.27. The van der Waals surface area contributed by atoms with Gasteiger partial charge >= 0.3 is 0 Å². The molecule has 1 aromatic heterocycles. The Bertz CT molecular complexity index is 442. The average molecular weight is 270 g/mol. The van der Waals surface area contributed by atoms with E-state index in [0.29, 0.717) is 11.0 Å². The summed E-state index contributed by atoms with van der Waals surface area (Å²) in [5.74, 6) is -0.271. The summed E-state index contributed by atoms with van der Waals surface area (Å²) in [5, 5.41) is 3.09. The van der Waals surface area contributed by atoms with Gasteiger partial charge in [-0.25, -0.2) is 4.39 Å². The highest BCUT2D eigenvalue weighted by atomic mass is 79.9. The first-order chi connectivity index (χ1) is 7.25. The molecule has 1 aromatic carbocycles. The number of nitrogens with one attached hydrogen (secondary N) is 1. The third-order valence-electron chi connectivity index (χ3n) is 2.00. The van der Waals surface area contributed by atoms with Gasteiger partial charge in [0.25, 0.3) is 0 Å². The van der Waals surface area contributed by atoms with Crippen LogP contribution in [0.2, 0.25) is 0 Å². The van der Waals surface area contributed by atoms with E-state index >= 15 is 0 Å². The molecule has 1 heterocycles. The summed E-state index contributed by atoms with van der Waals surface area (Å²) >= 11 is 3.10. The second-order valence-electron chi connectivity index (χ2n) is 3.11. The van der Waals surface area contributed by atoms with Gasteiger partial charge in [0.15, 0.2) is 0 Å². The SMILES string of the molecule is Fc1cc(NCc2ccoc2)ccc1Br. The predicted octanol–water partition coefficient (Wildman–Crippen LogP) is 3.79. The Balaban J connectivity index is 2.02. The first-order valence-electron chi connectivity index (χ1n) is 4.46. The largest absolute Gasteiger partial charge is 0.472 e. The van der Waals surface area contributed by atoms with E-state index in [1.165, 1.54) is 6.07 Å². The zero-order valence-electron chi connectivity index (χ0n) is 7.84. The third-order valence-corrected chi connectivity index (χ3v) is 2.64. The van der Waals surface area contributed by atoms with E-state index in [1.54, 1.807) is 18.6 Å². The van der Waals surface area contributed by atoms with E-state index in [0.717, 1.165) is 11.3 Å². The Morgan fingerprint density at radius 2 is 2.20 bits per heavy atom. The number of hydrogen-bond donors (Lipinski definition) is 1. The second-order valence-corrected chi connectivity index (χ2v) is 3.97. The number of halogens is 2. The number of hydrogen-bond acceptors (Lipinski definition) is 2. The molecular weight excluding hydrogens is 261 g/mol. The molecule has 0 amide bonds. The van der Waals surface area contributed by atoms with Gasteiger partial charge in [-0.3, -0.25) is 0 Å². The van der Waals surface area contributed by atoms with Crippen LogP contribution in [0, 0.1) is 5.82 Å². The van der Waals surface area contributed by atoms with Crippen molar-refractivity contribution in [3.63, 3.8) is 0 Å². The summed E-state index contributed by atoms with van der Waals surface area (Å²) in [7, 11) is 0. The summed E-state index contributed by atoms with van der Waals surface area (Å²) in [4.78, 5) is 0. The normalized spacial score (nSPS) is 10.3. The summed E-state index contributed by atoms with van der Waals surface area (Å²) < 4.78 is 18.5. The van der Waals surface area contributed by atoms with Crippen molar-refractivity contribution in [3.05, 3.63) is 52.6 Å². The van der Waals surface area contributed by atoms with Crippen LogP contribution in [0.4, 0.5) is 10.1 Å². The topological polar surface area (TPSA) is 25.2 Å². The van der Waals surface area contributed by atoms with Crippen LogP contribution < -0.4 is 5.32 Å². The van der Waals surface area contributed by atoms with E-state index in [1.807, 2.05) is 12.1 Å². The molecule has 78 valence electrons. The minimum Gasteiger partial charge on any atom is -0.472 e. The van der Waals surface area contributed by atoms with Crippen molar-refractivity contribution in [2.75, 3.05) is 5.32 Å². The van der Waals surface area contributed by atoms with Crippen molar-refractivity contribution >= 4 is 21.6 Å². The highest BCUT2D eigenvalue weighted by molar-refractivity contribution is 9.10. The monoisotopic (exact) mass is 269 g/mol. The van der Waals surface area contributed by atoms with Crippen molar-refractivity contribution in [2.45, 2.75) is 6.54 Å². The van der Waals surface area contributed by atoms with Crippen molar-refractivity contribution in [1.82, 2.24) is 0 Å². The molecule has 15 heavy (non-hydrogen) atoms. The molecule has 0 saturated carbocycles. The number of benzene rings is 1. The van der Waals surface area contributed by atoms with Gasteiger partial charge < -0.3 is 9.73 Å². The molecule has 0 unspecified atom stereocenters. The maximum absolute atomic E-state index is 13.1. The fourth-order valence-electron chi connectivity index (χ4n) is 1.20. The molecule has 0 bridgehead atoms. The maximum atomic E-state index is 13.1. The fourth-order valence-corrected chi connectivity index (χ4v) is 1.45. The van der Waals surface area contributed by atoms with Crippen LogP contribution in [-0.4, -0.2) is 0 Å². The Kier molecular flexibility index (Phi) is 3.06. The Morgan fingerprint density at radius 1 is 1.33 bits per heavy atom. The molecule has 0 aliphatic heterocycles. The van der Waals surface area contributed by atoms with Gasteiger partial charge in [-0.05, 0) is 40.2 Å². The Hall–Kier alpha value is -1.29. The van der Waals surface area contributed by atoms with E-state index in [9.17, 15) is 4.39 Å². The average Bonchev–Trinajstić information content (AvgIpc) is 2.73. The first-order valence-corrected chi connectivity index (χ1v) is 5.25. The summed E-state index contributed by atoms with van der Waals surface area (Å²) in [5.41, 5.74) is 1.77. The van der Waals surface area contributed by atoms with Crippen molar-refractivity contribution < 1.29 is 8.81 Å². The molecule has 0 radical (unpaired) electrons. The molecular formula is C11H9BrFNO. The molecule has 2 aromatic rings. The fraction of sp³-hybridized carbons (Fsp3) is 0.0909. The van der Waals surface area contributed by atoms with Crippen LogP contribution >= 0.6 is 15.9 Å². The van der Waals surface area contributed by atoms with Crippen LogP contribution in [0.1, 0.15) is 5.56 Å². The van der Waals surface area contributed by atoms with Crippen LogP contribution in [0.3, 0.4) is 0 Å². The molecule has 0 saturated heterocycles. The van der Waals surface area contributed by atoms with Gasteiger partial charge in [-0.2, -0.15) is 0 Å². The molecule has 0 atom stereocenters. The van der Waals surface area contributed by atoms with Crippen molar-refractivity contribution in [1.29, 1.82) is 0 Å². The van der Waals surface area contributed by atoms with E-state index in [4.69, 9.17) is 4.42 Å². The minimum absolute atomic E-state index is 0.271. The molecule has 1 N–H and O–H groups in total. The van der Waals surface area contributed by atoms with E-state index < -0.39 is 0 Å². The molecule has 0 spiro atoms. The summed E-state index contributed by atoms with van der Waals surface area (Å²) in [6.45, 7) is 0.623. The Morgan fingerprint density at radius 3 is 2.87 bits per heavy atom. The predicted molar refractivity (Wildman–Crippen MR) is 60.1 cm³/mol. The van der Waals surface area contributed by atoms with Gasteiger partial charge in [0.2, 0.25) is 0 Å². The van der Waals surface area contributed by atoms with Gasteiger partial charge in [0.1, 0.15) is 5.82 Å². The molecule has 2 rings (SSSR count). The first kappa shape index (κ1) is 10.2. The van der Waals surface area contributed by atoms with E-state index in [2.05, 4.69) is 21.2 Å². The molecule has 0 aliphatic rings. The highest BCUT2D eigenvalue weighted by Crippen LogP contribution is 2.19. The molecule has 0 aliphatic carbocycles. The lowest BCUT2D eigenvalue weighted by Crippen LogP contribution is -1.98. The van der Waals surface area contributed by atoms with Gasteiger partial charge in [-0.15, -0.1) is 0 Å². The lowest BCUT2D eigenvalue weighted by molar-refractivity contribution is 0.564. The van der Waals surface area contributed by atoms with Crippen LogP contribution in [-0.2, 0) is 6.54 Å². The quantitative estimate of drug-likeness (QED) is 0.917. The van der Waals surface area contributed by atoms with Gasteiger partial charge in [0, 0.05) is 17.8 Å². The Labute approximate surface area is 95.2 Å². The van der Waals surface area contributed by atoms with Crippen molar-refractivity contribution in [3.8, 4) is 0 Å². The molecule has 0 fully saturated rings. The smallest absolute Gasteiger partial charge is 0.139 e. The lowest BCUT2D eigenvalue weighted by Gasteiger charge is -2.05. The second kappa shape index (κ2) is 4.49. The lowest BCUT2D eigenvalue weighted by atomic mass is 10.3. The van der Waals surface area contributed by atoms with Crippen molar-refractivity contribution in [2.24, 2.45) is 0 Å². The van der Waals surface area contributed by atoms with Crippen LogP contribution in [0.5, 0.6) is 0 Å². The third kappa shape index (κ3) is 2.59. The summed E-state index contributed by atoms with van der Waals surface area (Å²) in [6, 6.07) is 6.80. The van der Waals surface area contributed by atoms with Crippen LogP contribution in [0.25, 0.3) is 0 Å². The molecule has 2 nitrogen and oxygen atoms in total. The zero-order chi connectivity index (χ0) is 10.7. The minimum atomic E-state index is -0.271. The van der Waals surface area contributed by atoms with Crippen LogP contribution in [0.15, 0.2) is 45.7 Å². The zero-order valence-corrected chi connectivity index (χ0v) is 9.42. The van der Waals surface area contributed by atoms with Gasteiger partial charge in [0.05, 0.1) is 17.0 Å².